The smallest absolute Gasteiger partial charge is 0.0348 e. The Morgan fingerprint density at radius 1 is 0.240 bits per heavy atom. The molecule has 0 amide bonds. The van der Waals surface area contributed by atoms with Crippen LogP contribution >= 0.6 is 0 Å². The molecule has 0 aromatic rings. The van der Waals surface area contributed by atoms with Crippen LogP contribution < -0.4 is 0 Å². The molecule has 25 heavy (non-hydrogen) atoms. The minimum Gasteiger partial charge on any atom is -0.0845 e. The van der Waals surface area contributed by atoms with Crippen LogP contribution in [-0.2, 0) is 0 Å². The van der Waals surface area contributed by atoms with Crippen molar-refractivity contribution < 1.29 is 0 Å². The van der Waals surface area contributed by atoms with Crippen LogP contribution in [0.25, 0.3) is 0 Å². The highest BCUT2D eigenvalue weighted by molar-refractivity contribution is 5.17. The van der Waals surface area contributed by atoms with Gasteiger partial charge in [0.2, 0.25) is 0 Å². The van der Waals surface area contributed by atoms with E-state index in [4.69, 9.17) is 0 Å². The predicted molar refractivity (Wildman–Crippen MR) is 115 cm³/mol. The van der Waals surface area contributed by atoms with Crippen molar-refractivity contribution in [3.63, 3.8) is 0 Å². The van der Waals surface area contributed by atoms with Gasteiger partial charge in [0.1, 0.15) is 0 Å². The van der Waals surface area contributed by atoms with Crippen LogP contribution in [0.3, 0.4) is 0 Å². The van der Waals surface area contributed by atoms with Gasteiger partial charge in [-0.3, -0.25) is 0 Å². The van der Waals surface area contributed by atoms with Crippen molar-refractivity contribution in [1.82, 2.24) is 0 Å². The van der Waals surface area contributed by atoms with Crippen molar-refractivity contribution >= 4 is 0 Å². The van der Waals surface area contributed by atoms with E-state index in [0.29, 0.717) is 0 Å². The normalized spacial score (nSPS) is 25.9. The minimum atomic E-state index is 1.22. The van der Waals surface area contributed by atoms with Crippen LogP contribution in [0.5, 0.6) is 0 Å². The predicted octanol–water partition coefficient (Wildman–Crippen LogP) is 8.63. The molecule has 0 aromatic heterocycles. The first-order valence-electron chi connectivity index (χ1n) is 10.8. The second-order valence-corrected chi connectivity index (χ2v) is 7.18. The van der Waals surface area contributed by atoms with Gasteiger partial charge in [-0.25, -0.2) is 0 Å². The molecule has 0 fully saturated rings. The average Bonchev–Trinajstić information content (AvgIpc) is 2.62. The summed E-state index contributed by atoms with van der Waals surface area (Å²) in [5.74, 6) is 0. The van der Waals surface area contributed by atoms with Crippen molar-refractivity contribution in [3.8, 4) is 0 Å². The van der Waals surface area contributed by atoms with Gasteiger partial charge in [0.05, 0.1) is 0 Å². The maximum Gasteiger partial charge on any atom is -0.0348 e. The molecule has 0 bridgehead atoms. The molecule has 0 aromatic carbocycles. The van der Waals surface area contributed by atoms with E-state index in [9.17, 15) is 0 Å². The first-order valence-corrected chi connectivity index (χ1v) is 10.8. The summed E-state index contributed by atoms with van der Waals surface area (Å²) in [6.07, 6.45) is 42.5. The summed E-state index contributed by atoms with van der Waals surface area (Å²) in [5, 5.41) is 0. The van der Waals surface area contributed by atoms with Crippen LogP contribution in [-0.4, -0.2) is 0 Å². The molecule has 0 radical (unpaired) electrons. The largest absolute Gasteiger partial charge is 0.0845 e. The Labute approximate surface area is 157 Å². The quantitative estimate of drug-likeness (QED) is 0.414. The van der Waals surface area contributed by atoms with E-state index in [1.165, 1.54) is 96.3 Å². The monoisotopic (exact) mass is 340 g/mol. The molecule has 0 unspecified atom stereocenters. The third-order valence-corrected chi connectivity index (χ3v) is 4.79. The van der Waals surface area contributed by atoms with Gasteiger partial charge in [0, 0.05) is 0 Å². The van der Waals surface area contributed by atoms with E-state index in [2.05, 4.69) is 60.8 Å². The second kappa shape index (κ2) is 19.0. The highest BCUT2D eigenvalue weighted by atomic mass is 14.0. The van der Waals surface area contributed by atoms with E-state index in [1.807, 2.05) is 0 Å². The summed E-state index contributed by atoms with van der Waals surface area (Å²) in [7, 11) is 0. The molecule has 0 heteroatoms. The fourth-order valence-electron chi connectivity index (χ4n) is 3.20. The molecule has 0 saturated carbocycles. The molecule has 0 atom stereocenters. The Balaban J connectivity index is 2.24. The molecule has 0 nitrogen and oxygen atoms in total. The van der Waals surface area contributed by atoms with Crippen LogP contribution in [0.1, 0.15) is 96.3 Å². The zero-order chi connectivity index (χ0) is 17.7. The first kappa shape index (κ1) is 21.7. The van der Waals surface area contributed by atoms with Gasteiger partial charge in [-0.1, -0.05) is 131 Å². The highest BCUT2D eigenvalue weighted by Gasteiger charge is 1.93. The second-order valence-electron chi connectivity index (χ2n) is 7.18. The van der Waals surface area contributed by atoms with Crippen molar-refractivity contribution in [2.75, 3.05) is 0 Å². The minimum absolute atomic E-state index is 1.22. The Kier molecular flexibility index (Phi) is 16.6. The standard InChI is InChI=1S/C25H40/c1-2-4-6-8-10-12-14-16-18-20-22-24-25-23-21-19-17-15-13-11-9-7-5-3-1/h1-10H,11-25H2/b2-1-,5-3-,6-4+,9-7+,10-8?. The molecule has 0 saturated heterocycles. The fraction of sp³-hybridized carbons (Fsp3) is 0.600. The first-order chi connectivity index (χ1) is 12.5. The van der Waals surface area contributed by atoms with Gasteiger partial charge < -0.3 is 0 Å². The van der Waals surface area contributed by atoms with Crippen molar-refractivity contribution in [3.05, 3.63) is 60.8 Å². The van der Waals surface area contributed by atoms with E-state index in [0.717, 1.165) is 0 Å². The van der Waals surface area contributed by atoms with Gasteiger partial charge in [0.15, 0.2) is 0 Å². The lowest BCUT2D eigenvalue weighted by Gasteiger charge is -2.03. The Bertz CT molecular complexity index is 368. The van der Waals surface area contributed by atoms with Gasteiger partial charge >= 0.3 is 0 Å². The molecule has 0 heterocycles. The van der Waals surface area contributed by atoms with Crippen LogP contribution in [0.2, 0.25) is 0 Å². The molecular formula is C25H40. The zero-order valence-electron chi connectivity index (χ0n) is 16.4. The third-order valence-electron chi connectivity index (χ3n) is 4.79. The third kappa shape index (κ3) is 17.3. The Morgan fingerprint density at radius 3 is 0.800 bits per heavy atom. The summed E-state index contributed by atoms with van der Waals surface area (Å²) in [6, 6.07) is 0. The average molecular weight is 341 g/mol. The summed E-state index contributed by atoms with van der Waals surface area (Å²) in [5.41, 5.74) is 0. The van der Waals surface area contributed by atoms with Crippen LogP contribution in [0, 0.1) is 0 Å². The Hall–Kier alpha value is -1.30. The maximum absolute atomic E-state index is 2.30. The van der Waals surface area contributed by atoms with Gasteiger partial charge in [-0.15, -0.1) is 0 Å². The van der Waals surface area contributed by atoms with Gasteiger partial charge in [-0.2, -0.15) is 0 Å². The maximum atomic E-state index is 2.30. The van der Waals surface area contributed by atoms with Crippen molar-refractivity contribution in [2.45, 2.75) is 96.3 Å². The van der Waals surface area contributed by atoms with Crippen LogP contribution in [0.15, 0.2) is 60.8 Å². The molecule has 1 rings (SSSR count). The molecule has 0 spiro atoms. The lowest BCUT2D eigenvalue weighted by molar-refractivity contribution is 0.538. The summed E-state index contributed by atoms with van der Waals surface area (Å²) in [6.45, 7) is 0. The number of rotatable bonds is 0. The zero-order valence-corrected chi connectivity index (χ0v) is 16.4. The number of hydrogen-bond acceptors (Lipinski definition) is 0. The molecule has 0 aliphatic heterocycles. The lowest BCUT2D eigenvalue weighted by atomic mass is 10.0. The van der Waals surface area contributed by atoms with E-state index in [-0.39, 0.29) is 0 Å². The number of allylic oxidation sites excluding steroid dienone is 10. The molecule has 1 aliphatic carbocycles. The number of hydrogen-bond donors (Lipinski definition) is 0. The molecule has 1 aliphatic rings. The van der Waals surface area contributed by atoms with Gasteiger partial charge in [-0.05, 0) is 25.7 Å². The van der Waals surface area contributed by atoms with Crippen molar-refractivity contribution in [2.24, 2.45) is 0 Å². The SMILES string of the molecule is C1=CCCCCCCCCCCCCCCC/C=C/C=C\C=C/C=C/1. The van der Waals surface area contributed by atoms with Crippen molar-refractivity contribution in [1.29, 1.82) is 0 Å². The van der Waals surface area contributed by atoms with Gasteiger partial charge in [0.25, 0.3) is 0 Å². The fourth-order valence-corrected chi connectivity index (χ4v) is 3.20. The summed E-state index contributed by atoms with van der Waals surface area (Å²) < 4.78 is 0. The summed E-state index contributed by atoms with van der Waals surface area (Å²) in [4.78, 5) is 0. The molecule has 140 valence electrons. The Morgan fingerprint density at radius 2 is 0.480 bits per heavy atom. The van der Waals surface area contributed by atoms with E-state index in [1.54, 1.807) is 0 Å². The topological polar surface area (TPSA) is 0 Å². The van der Waals surface area contributed by atoms with E-state index < -0.39 is 0 Å². The molecule has 0 N–H and O–H groups in total. The lowest BCUT2D eigenvalue weighted by Crippen LogP contribution is -1.83. The molecular weight excluding hydrogens is 300 g/mol. The van der Waals surface area contributed by atoms with Crippen LogP contribution in [0.4, 0.5) is 0 Å². The summed E-state index contributed by atoms with van der Waals surface area (Å²) >= 11 is 0. The van der Waals surface area contributed by atoms with E-state index >= 15 is 0 Å². The highest BCUT2D eigenvalue weighted by Crippen LogP contribution is 2.13.